The van der Waals surface area contributed by atoms with Gasteiger partial charge in [0, 0.05) is 23.7 Å². The third-order valence-corrected chi connectivity index (χ3v) is 8.17. The van der Waals surface area contributed by atoms with Crippen LogP contribution in [0, 0.1) is 0 Å². The lowest BCUT2D eigenvalue weighted by Crippen LogP contribution is -2.35. The first kappa shape index (κ1) is 20.0. The normalized spacial score (nSPS) is 15.8. The topological polar surface area (TPSA) is 66.5 Å². The number of thiophene rings is 1. The number of amides is 1. The van der Waals surface area contributed by atoms with Crippen molar-refractivity contribution in [3.8, 4) is 0 Å². The number of benzene rings is 1. The van der Waals surface area contributed by atoms with E-state index < -0.39 is 10.0 Å². The van der Waals surface area contributed by atoms with Crippen LogP contribution in [0.5, 0.6) is 0 Å². The van der Waals surface area contributed by atoms with Gasteiger partial charge in [-0.3, -0.25) is 4.79 Å². The summed E-state index contributed by atoms with van der Waals surface area (Å²) in [5.74, 6) is 0.251. The molecule has 1 aliphatic rings. The van der Waals surface area contributed by atoms with Crippen LogP contribution in [-0.2, 0) is 21.2 Å². The molecule has 1 aromatic carbocycles. The van der Waals surface area contributed by atoms with Crippen LogP contribution in [0.2, 0.25) is 0 Å². The van der Waals surface area contributed by atoms with Crippen molar-refractivity contribution in [1.82, 2.24) is 4.31 Å². The summed E-state index contributed by atoms with van der Waals surface area (Å²) in [5.41, 5.74) is 1.93. The SMILES string of the molecule is CC(C)c1cccc(NC(=O)Cc2ccc(S(=O)(=O)N3CCCCC3)s2)c1. The Bertz CT molecular complexity index is 897. The summed E-state index contributed by atoms with van der Waals surface area (Å²) in [4.78, 5) is 13.1. The molecule has 0 unspecified atom stereocenters. The average molecular weight is 407 g/mol. The molecule has 1 aromatic heterocycles. The van der Waals surface area contributed by atoms with Crippen molar-refractivity contribution in [1.29, 1.82) is 0 Å². The molecule has 0 saturated carbocycles. The second-order valence-electron chi connectivity index (χ2n) is 7.19. The monoisotopic (exact) mass is 406 g/mol. The quantitative estimate of drug-likeness (QED) is 0.781. The number of sulfonamides is 1. The van der Waals surface area contributed by atoms with Gasteiger partial charge in [0.2, 0.25) is 5.91 Å². The lowest BCUT2D eigenvalue weighted by atomic mass is 10.0. The number of nitrogens with one attached hydrogen (secondary N) is 1. The van der Waals surface area contributed by atoms with Crippen molar-refractivity contribution < 1.29 is 13.2 Å². The van der Waals surface area contributed by atoms with Gasteiger partial charge in [0.05, 0.1) is 6.42 Å². The summed E-state index contributed by atoms with van der Waals surface area (Å²) in [7, 11) is -3.43. The zero-order valence-corrected chi connectivity index (χ0v) is 17.4. The lowest BCUT2D eigenvalue weighted by Gasteiger charge is -2.25. The number of hydrogen-bond donors (Lipinski definition) is 1. The number of piperidine rings is 1. The summed E-state index contributed by atoms with van der Waals surface area (Å²) in [6.07, 6.45) is 3.08. The van der Waals surface area contributed by atoms with Crippen LogP contribution >= 0.6 is 11.3 Å². The fourth-order valence-electron chi connectivity index (χ4n) is 3.16. The summed E-state index contributed by atoms with van der Waals surface area (Å²) in [6, 6.07) is 11.2. The maximum absolute atomic E-state index is 12.7. The zero-order valence-electron chi connectivity index (χ0n) is 15.8. The van der Waals surface area contributed by atoms with Gasteiger partial charge in [0.1, 0.15) is 4.21 Å². The standard InChI is InChI=1S/C20H26N2O3S2/c1-15(2)16-7-6-8-17(13-16)21-19(23)14-18-9-10-20(26-18)27(24,25)22-11-4-3-5-12-22/h6-10,13,15H,3-5,11-12,14H2,1-2H3,(H,21,23). The Kier molecular flexibility index (Phi) is 6.34. The Hall–Kier alpha value is -1.70. The van der Waals surface area contributed by atoms with Crippen molar-refractivity contribution >= 4 is 33.0 Å². The molecule has 1 saturated heterocycles. The molecule has 2 aromatic rings. The van der Waals surface area contributed by atoms with Crippen molar-refractivity contribution in [3.05, 3.63) is 46.8 Å². The van der Waals surface area contributed by atoms with Gasteiger partial charge in [0.15, 0.2) is 0 Å². The molecule has 5 nitrogen and oxygen atoms in total. The van der Waals surface area contributed by atoms with E-state index in [1.165, 1.54) is 16.9 Å². The molecule has 2 heterocycles. The van der Waals surface area contributed by atoms with Crippen LogP contribution in [0.25, 0.3) is 0 Å². The molecule has 3 rings (SSSR count). The minimum Gasteiger partial charge on any atom is -0.326 e. The van der Waals surface area contributed by atoms with E-state index >= 15 is 0 Å². The van der Waals surface area contributed by atoms with E-state index in [2.05, 4.69) is 19.2 Å². The average Bonchev–Trinajstić information content (AvgIpc) is 3.11. The van der Waals surface area contributed by atoms with Gasteiger partial charge in [-0.25, -0.2) is 8.42 Å². The first-order chi connectivity index (χ1) is 12.9. The first-order valence-electron chi connectivity index (χ1n) is 9.35. The highest BCUT2D eigenvalue weighted by Gasteiger charge is 2.27. The highest BCUT2D eigenvalue weighted by molar-refractivity contribution is 7.91. The Labute approximate surface area is 165 Å². The molecule has 1 amide bonds. The van der Waals surface area contributed by atoms with Gasteiger partial charge in [-0.15, -0.1) is 11.3 Å². The summed E-state index contributed by atoms with van der Waals surface area (Å²) < 4.78 is 27.3. The van der Waals surface area contributed by atoms with Crippen LogP contribution < -0.4 is 5.32 Å². The fraction of sp³-hybridized carbons (Fsp3) is 0.450. The van der Waals surface area contributed by atoms with E-state index in [4.69, 9.17) is 0 Å². The molecule has 0 spiro atoms. The van der Waals surface area contributed by atoms with E-state index in [0.717, 1.165) is 29.8 Å². The van der Waals surface area contributed by atoms with Crippen LogP contribution in [0.3, 0.4) is 0 Å². The number of nitrogens with zero attached hydrogens (tertiary/aromatic N) is 1. The van der Waals surface area contributed by atoms with E-state index in [1.54, 1.807) is 16.4 Å². The second-order valence-corrected chi connectivity index (χ2v) is 10.5. The predicted molar refractivity (Wildman–Crippen MR) is 110 cm³/mol. The van der Waals surface area contributed by atoms with Gasteiger partial charge < -0.3 is 5.32 Å². The molecule has 1 aliphatic heterocycles. The summed E-state index contributed by atoms with van der Waals surface area (Å²) in [5, 5.41) is 2.90. The van der Waals surface area contributed by atoms with Gasteiger partial charge in [-0.05, 0) is 48.6 Å². The fourth-order valence-corrected chi connectivity index (χ4v) is 6.19. The number of rotatable bonds is 6. The minimum atomic E-state index is -3.43. The number of carbonyl (C=O) groups excluding carboxylic acids is 1. The number of carbonyl (C=O) groups is 1. The molecule has 1 N–H and O–H groups in total. The smallest absolute Gasteiger partial charge is 0.252 e. The molecule has 27 heavy (non-hydrogen) atoms. The van der Waals surface area contributed by atoms with Crippen LogP contribution in [0.15, 0.2) is 40.6 Å². The third-order valence-electron chi connectivity index (χ3n) is 4.72. The van der Waals surface area contributed by atoms with Crippen molar-refractivity contribution in [2.45, 2.75) is 49.7 Å². The summed E-state index contributed by atoms with van der Waals surface area (Å²) in [6.45, 7) is 5.39. The molecule has 0 atom stereocenters. The lowest BCUT2D eigenvalue weighted by molar-refractivity contribution is -0.115. The first-order valence-corrected chi connectivity index (χ1v) is 11.6. The summed E-state index contributed by atoms with van der Waals surface area (Å²) >= 11 is 1.19. The minimum absolute atomic E-state index is 0.139. The highest BCUT2D eigenvalue weighted by Crippen LogP contribution is 2.27. The van der Waals surface area contributed by atoms with Crippen molar-refractivity contribution in [2.24, 2.45) is 0 Å². The maximum Gasteiger partial charge on any atom is 0.252 e. The molecule has 0 bridgehead atoms. The largest absolute Gasteiger partial charge is 0.326 e. The van der Waals surface area contributed by atoms with E-state index in [1.807, 2.05) is 24.3 Å². The van der Waals surface area contributed by atoms with Crippen molar-refractivity contribution in [2.75, 3.05) is 18.4 Å². The van der Waals surface area contributed by atoms with Gasteiger partial charge in [-0.2, -0.15) is 4.31 Å². The highest BCUT2D eigenvalue weighted by atomic mass is 32.2. The molecule has 0 aliphatic carbocycles. The molecular formula is C20H26N2O3S2. The van der Waals surface area contributed by atoms with E-state index in [-0.39, 0.29) is 12.3 Å². The molecule has 146 valence electrons. The Morgan fingerprint density at radius 2 is 1.89 bits per heavy atom. The number of hydrogen-bond acceptors (Lipinski definition) is 4. The van der Waals surface area contributed by atoms with Crippen LogP contribution in [0.1, 0.15) is 49.5 Å². The van der Waals surface area contributed by atoms with Gasteiger partial charge in [0.25, 0.3) is 10.0 Å². The van der Waals surface area contributed by atoms with Crippen LogP contribution in [-0.4, -0.2) is 31.7 Å². The third kappa shape index (κ3) is 4.97. The van der Waals surface area contributed by atoms with Gasteiger partial charge >= 0.3 is 0 Å². The second kappa shape index (κ2) is 8.54. The van der Waals surface area contributed by atoms with E-state index in [0.29, 0.717) is 23.2 Å². The molecule has 0 radical (unpaired) electrons. The predicted octanol–water partition coefficient (Wildman–Crippen LogP) is 4.23. The van der Waals surface area contributed by atoms with Gasteiger partial charge in [-0.1, -0.05) is 32.4 Å². The van der Waals surface area contributed by atoms with E-state index in [9.17, 15) is 13.2 Å². The van der Waals surface area contributed by atoms with Crippen LogP contribution in [0.4, 0.5) is 5.69 Å². The van der Waals surface area contributed by atoms with Crippen molar-refractivity contribution in [3.63, 3.8) is 0 Å². The molecule has 1 fully saturated rings. The maximum atomic E-state index is 12.7. The number of anilines is 1. The zero-order chi connectivity index (χ0) is 19.4. The molecule has 7 heteroatoms. The molecular weight excluding hydrogens is 380 g/mol. The Morgan fingerprint density at radius 3 is 2.59 bits per heavy atom. The Balaban J connectivity index is 1.65. The Morgan fingerprint density at radius 1 is 1.15 bits per heavy atom.